The van der Waals surface area contributed by atoms with Crippen LogP contribution in [0.25, 0.3) is 0 Å². The van der Waals surface area contributed by atoms with Gasteiger partial charge in [0.25, 0.3) is 0 Å². The molecular weight excluding hydrogens is 472 g/mol. The van der Waals surface area contributed by atoms with Crippen LogP contribution in [0, 0.1) is 22.7 Å². The SMILES string of the molecule is CC(C)[C@@]1(O)[C@@H](OC(=O)c2ccc[nH]2)[C@@]2(O)[C@@]3(C)C[C@]4(O)O[C@@]5(NC(=O)[C@@H](C)CC[C@]35O)[C@@]2(O)[C@@]14C. The lowest BCUT2D eigenvalue weighted by atomic mass is 9.52. The monoisotopic (exact) mass is 506 g/mol. The van der Waals surface area contributed by atoms with Gasteiger partial charge < -0.3 is 45.3 Å². The Hall–Kier alpha value is -2.02. The Kier molecular flexibility index (Phi) is 4.16. The Balaban J connectivity index is 1.68. The van der Waals surface area contributed by atoms with Gasteiger partial charge in [-0.15, -0.1) is 0 Å². The number of aromatic nitrogens is 1. The maximum absolute atomic E-state index is 13.2. The van der Waals surface area contributed by atoms with E-state index in [4.69, 9.17) is 9.47 Å². The van der Waals surface area contributed by atoms with Crippen LogP contribution in [0.15, 0.2) is 18.3 Å². The van der Waals surface area contributed by atoms with E-state index in [0.717, 1.165) is 0 Å². The fourth-order valence-corrected chi connectivity index (χ4v) is 9.04. The molecule has 11 heteroatoms. The molecule has 1 aromatic rings. The van der Waals surface area contributed by atoms with Crippen molar-refractivity contribution >= 4 is 11.9 Å². The average Bonchev–Trinajstić information content (AvgIpc) is 3.40. The van der Waals surface area contributed by atoms with Crippen molar-refractivity contribution < 1.29 is 44.6 Å². The van der Waals surface area contributed by atoms with Crippen molar-refractivity contribution in [2.45, 2.75) is 93.9 Å². The predicted octanol–water partition coefficient (Wildman–Crippen LogP) is -0.475. The number of carbonyl (C=O) groups excluding carboxylic acids is 2. The summed E-state index contributed by atoms with van der Waals surface area (Å²) in [7, 11) is 0. The zero-order valence-electron chi connectivity index (χ0n) is 21.0. The van der Waals surface area contributed by atoms with Crippen molar-refractivity contribution in [1.29, 1.82) is 0 Å². The third kappa shape index (κ3) is 1.82. The molecule has 3 aliphatic carbocycles. The van der Waals surface area contributed by atoms with E-state index in [2.05, 4.69) is 10.3 Å². The number of ether oxygens (including phenoxy) is 2. The highest BCUT2D eigenvalue weighted by Crippen LogP contribution is 2.88. The van der Waals surface area contributed by atoms with Crippen molar-refractivity contribution in [3.8, 4) is 0 Å². The first kappa shape index (κ1) is 24.3. The van der Waals surface area contributed by atoms with Gasteiger partial charge in [-0.3, -0.25) is 4.79 Å². The number of aliphatic hydroxyl groups is 5. The Bertz CT molecular complexity index is 1190. The topological polar surface area (TPSA) is 182 Å². The molecule has 11 nitrogen and oxygen atoms in total. The minimum absolute atomic E-state index is 0.0501. The summed E-state index contributed by atoms with van der Waals surface area (Å²) in [5.41, 5.74) is -15.8. The standard InChI is InChI=1S/C25H34N2O9/c1-12(2)22(32)17(35-16(29)14-7-6-10-26-14)23(33)18(4)11-21(31)19(22,5)24(23,34)25(36-21)20(18,30)9-8-13(3)15(28)27-25/h6-7,10,12-13,17,26,30-34H,8-9,11H2,1-5H3,(H,27,28)/t13-,17+,18-,19+,20-,21-,22+,23+,24+,25+/m0/s1. The quantitative estimate of drug-likeness (QED) is 0.267. The molecule has 7 rings (SSSR count). The van der Waals surface area contributed by atoms with Crippen molar-refractivity contribution in [1.82, 2.24) is 10.3 Å². The molecule has 10 atom stereocenters. The second-order valence-corrected chi connectivity index (χ2v) is 12.3. The highest BCUT2D eigenvalue weighted by Gasteiger charge is 3.09. The van der Waals surface area contributed by atoms with Crippen LogP contribution in [0.5, 0.6) is 0 Å². The zero-order valence-corrected chi connectivity index (χ0v) is 21.0. The third-order valence-electron chi connectivity index (χ3n) is 11.0. The molecular formula is C25H34N2O9. The number of H-pyrrole nitrogens is 1. The Morgan fingerprint density at radius 2 is 1.86 bits per heavy atom. The molecule has 6 bridgehead atoms. The average molecular weight is 507 g/mol. The highest BCUT2D eigenvalue weighted by molar-refractivity contribution is 5.88. The molecule has 1 amide bonds. The minimum atomic E-state index is -2.66. The van der Waals surface area contributed by atoms with Crippen LogP contribution in [0.2, 0.25) is 0 Å². The Morgan fingerprint density at radius 3 is 2.44 bits per heavy atom. The van der Waals surface area contributed by atoms with Crippen LogP contribution in [0.4, 0.5) is 0 Å². The summed E-state index contributed by atoms with van der Waals surface area (Å²) in [4.78, 5) is 29.0. The molecule has 3 saturated heterocycles. The van der Waals surface area contributed by atoms with Crippen LogP contribution < -0.4 is 5.32 Å². The van der Waals surface area contributed by atoms with Gasteiger partial charge in [0, 0.05) is 24.0 Å². The second-order valence-electron chi connectivity index (χ2n) is 12.3. The lowest BCUT2D eigenvalue weighted by Gasteiger charge is -2.58. The molecule has 6 fully saturated rings. The number of hydrogen-bond donors (Lipinski definition) is 7. The van der Waals surface area contributed by atoms with Gasteiger partial charge in [-0.1, -0.05) is 27.7 Å². The highest BCUT2D eigenvalue weighted by atomic mass is 16.7. The summed E-state index contributed by atoms with van der Waals surface area (Å²) in [5, 5.41) is 65.1. The molecule has 0 aromatic carbocycles. The molecule has 4 heterocycles. The van der Waals surface area contributed by atoms with E-state index in [1.807, 2.05) is 0 Å². The minimum Gasteiger partial charge on any atom is -0.451 e. The molecule has 3 aliphatic heterocycles. The molecule has 36 heavy (non-hydrogen) atoms. The maximum Gasteiger partial charge on any atom is 0.355 e. The van der Waals surface area contributed by atoms with Gasteiger partial charge in [0.05, 0.1) is 5.41 Å². The Labute approximate surface area is 207 Å². The lowest BCUT2D eigenvalue weighted by molar-refractivity contribution is -0.374. The fourth-order valence-electron chi connectivity index (χ4n) is 9.04. The molecule has 0 radical (unpaired) electrons. The van der Waals surface area contributed by atoms with E-state index < -0.39 is 74.6 Å². The van der Waals surface area contributed by atoms with E-state index >= 15 is 0 Å². The van der Waals surface area contributed by atoms with Crippen molar-refractivity contribution in [2.75, 3.05) is 0 Å². The number of nitrogens with one attached hydrogen (secondary N) is 2. The molecule has 198 valence electrons. The van der Waals surface area contributed by atoms with E-state index in [1.165, 1.54) is 26.1 Å². The van der Waals surface area contributed by atoms with E-state index in [9.17, 15) is 35.1 Å². The first-order valence-corrected chi connectivity index (χ1v) is 12.5. The van der Waals surface area contributed by atoms with Gasteiger partial charge in [0.15, 0.2) is 17.5 Å². The zero-order chi connectivity index (χ0) is 26.5. The summed E-state index contributed by atoms with van der Waals surface area (Å²) in [6, 6.07) is 3.04. The van der Waals surface area contributed by atoms with Crippen LogP contribution in [-0.2, 0) is 14.3 Å². The van der Waals surface area contributed by atoms with Crippen molar-refractivity contribution in [2.24, 2.45) is 22.7 Å². The van der Waals surface area contributed by atoms with Crippen molar-refractivity contribution in [3.63, 3.8) is 0 Å². The predicted molar refractivity (Wildman–Crippen MR) is 121 cm³/mol. The number of amides is 1. The van der Waals surface area contributed by atoms with Gasteiger partial charge in [-0.05, 0) is 37.8 Å². The maximum atomic E-state index is 13.2. The Morgan fingerprint density at radius 1 is 1.19 bits per heavy atom. The molecule has 7 N–H and O–H groups in total. The number of carbonyl (C=O) groups is 2. The third-order valence-corrected chi connectivity index (χ3v) is 11.0. The van der Waals surface area contributed by atoms with E-state index in [0.29, 0.717) is 0 Å². The molecule has 1 spiro atoms. The smallest absolute Gasteiger partial charge is 0.355 e. The first-order valence-electron chi connectivity index (χ1n) is 12.5. The van der Waals surface area contributed by atoms with E-state index in [-0.39, 0.29) is 25.0 Å². The van der Waals surface area contributed by atoms with Gasteiger partial charge in [-0.25, -0.2) is 4.79 Å². The van der Waals surface area contributed by atoms with Crippen LogP contribution in [-0.4, -0.2) is 82.4 Å². The molecule has 6 aliphatic rings. The van der Waals surface area contributed by atoms with Gasteiger partial charge in [0.2, 0.25) is 11.6 Å². The van der Waals surface area contributed by atoms with Crippen LogP contribution in [0.3, 0.4) is 0 Å². The van der Waals surface area contributed by atoms with E-state index in [1.54, 1.807) is 26.8 Å². The van der Waals surface area contributed by atoms with Crippen LogP contribution >= 0.6 is 0 Å². The van der Waals surface area contributed by atoms with Crippen LogP contribution in [0.1, 0.15) is 64.4 Å². The molecule has 3 saturated carbocycles. The number of aromatic amines is 1. The molecule has 0 unspecified atom stereocenters. The summed E-state index contributed by atoms with van der Waals surface area (Å²) in [6.45, 7) is 7.74. The van der Waals surface area contributed by atoms with Crippen molar-refractivity contribution in [3.05, 3.63) is 24.0 Å². The normalized spacial score (nSPS) is 56.6. The van der Waals surface area contributed by atoms with Gasteiger partial charge >= 0.3 is 5.97 Å². The second kappa shape index (κ2) is 6.16. The fraction of sp³-hybridized carbons (Fsp3) is 0.760. The molecule has 1 aromatic heterocycles. The summed E-state index contributed by atoms with van der Waals surface area (Å²) in [5.74, 6) is -5.08. The number of hydrogen-bond acceptors (Lipinski definition) is 9. The van der Waals surface area contributed by atoms with Gasteiger partial charge in [-0.2, -0.15) is 0 Å². The first-order chi connectivity index (χ1) is 16.5. The lowest BCUT2D eigenvalue weighted by Crippen LogP contribution is -2.74. The summed E-state index contributed by atoms with van der Waals surface area (Å²) >= 11 is 0. The summed E-state index contributed by atoms with van der Waals surface area (Å²) < 4.78 is 12.0. The largest absolute Gasteiger partial charge is 0.451 e. The van der Waals surface area contributed by atoms with Gasteiger partial charge in [0.1, 0.15) is 22.5 Å². The number of esters is 1. The summed E-state index contributed by atoms with van der Waals surface area (Å²) in [6.07, 6.45) is -0.525. The number of rotatable bonds is 3.